The molecule has 0 bridgehead atoms. The zero-order chi connectivity index (χ0) is 12.8. The van der Waals surface area contributed by atoms with Gasteiger partial charge in [0.1, 0.15) is 0 Å². The molecule has 2 rings (SSSR count). The van der Waals surface area contributed by atoms with E-state index in [4.69, 9.17) is 11.6 Å². The third-order valence-electron chi connectivity index (χ3n) is 1.99. The quantitative estimate of drug-likeness (QED) is 0.586. The number of aromatic amines is 1. The van der Waals surface area contributed by atoms with Gasteiger partial charge in [-0.2, -0.15) is 10.2 Å². The van der Waals surface area contributed by atoms with Crippen molar-refractivity contribution in [1.29, 1.82) is 0 Å². The van der Waals surface area contributed by atoms with Crippen LogP contribution in [0.1, 0.15) is 5.69 Å². The molecule has 6 nitrogen and oxygen atoms in total. The van der Waals surface area contributed by atoms with Gasteiger partial charge in [0.25, 0.3) is 0 Å². The average Bonchev–Trinajstić information content (AvgIpc) is 2.85. The van der Waals surface area contributed by atoms with E-state index < -0.39 is 6.03 Å². The maximum Gasteiger partial charge on any atom is 0.339 e. The second-order valence-electron chi connectivity index (χ2n) is 3.34. The molecular formula is C11H10ClN5O. The molecule has 0 radical (unpaired) electrons. The summed E-state index contributed by atoms with van der Waals surface area (Å²) in [5.41, 5.74) is 3.65. The monoisotopic (exact) mass is 263 g/mol. The minimum Gasteiger partial charge on any atom is -0.307 e. The Morgan fingerprint density at radius 3 is 2.78 bits per heavy atom. The second-order valence-corrected chi connectivity index (χ2v) is 3.78. The molecule has 0 saturated heterocycles. The molecule has 2 amide bonds. The summed E-state index contributed by atoms with van der Waals surface area (Å²) in [6, 6.07) is 8.05. The fourth-order valence-corrected chi connectivity index (χ4v) is 1.32. The molecule has 92 valence electrons. The van der Waals surface area contributed by atoms with Gasteiger partial charge in [0, 0.05) is 16.9 Å². The lowest BCUT2D eigenvalue weighted by atomic mass is 10.3. The van der Waals surface area contributed by atoms with Crippen LogP contribution in [-0.2, 0) is 0 Å². The minimum absolute atomic E-state index is 0.437. The van der Waals surface area contributed by atoms with Gasteiger partial charge < -0.3 is 5.32 Å². The summed E-state index contributed by atoms with van der Waals surface area (Å²) in [5.74, 6) is 0. The summed E-state index contributed by atoms with van der Waals surface area (Å²) >= 11 is 5.73. The van der Waals surface area contributed by atoms with Crippen LogP contribution in [0, 0.1) is 0 Å². The first-order chi connectivity index (χ1) is 8.74. The molecule has 0 saturated carbocycles. The number of amides is 2. The fourth-order valence-electron chi connectivity index (χ4n) is 1.19. The zero-order valence-corrected chi connectivity index (χ0v) is 9.98. The first kappa shape index (κ1) is 12.1. The Morgan fingerprint density at radius 2 is 2.11 bits per heavy atom. The van der Waals surface area contributed by atoms with Crippen LogP contribution in [0.2, 0.25) is 5.02 Å². The normalized spacial score (nSPS) is 10.5. The molecule has 3 N–H and O–H groups in total. The lowest BCUT2D eigenvalue weighted by Gasteiger charge is -2.03. The van der Waals surface area contributed by atoms with E-state index in [9.17, 15) is 4.79 Å². The lowest BCUT2D eigenvalue weighted by Crippen LogP contribution is -2.24. The van der Waals surface area contributed by atoms with E-state index in [-0.39, 0.29) is 0 Å². The van der Waals surface area contributed by atoms with Crippen molar-refractivity contribution >= 4 is 29.5 Å². The van der Waals surface area contributed by atoms with Crippen LogP contribution in [-0.4, -0.2) is 22.4 Å². The van der Waals surface area contributed by atoms with Crippen molar-refractivity contribution in [2.45, 2.75) is 0 Å². The number of rotatable bonds is 3. The molecule has 1 aromatic heterocycles. The highest BCUT2D eigenvalue weighted by atomic mass is 35.5. The summed E-state index contributed by atoms with van der Waals surface area (Å²) < 4.78 is 0. The van der Waals surface area contributed by atoms with Crippen molar-refractivity contribution in [1.82, 2.24) is 15.6 Å². The number of hydrogen-bond acceptors (Lipinski definition) is 3. The molecule has 1 aromatic carbocycles. The zero-order valence-electron chi connectivity index (χ0n) is 9.22. The molecule has 1 heterocycles. The van der Waals surface area contributed by atoms with Crippen molar-refractivity contribution in [2.75, 3.05) is 5.32 Å². The van der Waals surface area contributed by atoms with E-state index in [1.807, 2.05) is 0 Å². The summed E-state index contributed by atoms with van der Waals surface area (Å²) in [6.45, 7) is 0. The van der Waals surface area contributed by atoms with E-state index >= 15 is 0 Å². The Kier molecular flexibility index (Phi) is 3.93. The van der Waals surface area contributed by atoms with E-state index in [1.165, 1.54) is 6.21 Å². The number of carbonyl (C=O) groups is 1. The van der Waals surface area contributed by atoms with Gasteiger partial charge in [-0.05, 0) is 30.3 Å². The maximum atomic E-state index is 11.4. The number of nitrogens with one attached hydrogen (secondary N) is 3. The smallest absolute Gasteiger partial charge is 0.307 e. The van der Waals surface area contributed by atoms with Crippen LogP contribution in [0.5, 0.6) is 0 Å². The molecule has 2 aromatic rings. The number of aromatic nitrogens is 2. The first-order valence-electron chi connectivity index (χ1n) is 5.09. The Morgan fingerprint density at radius 1 is 1.33 bits per heavy atom. The van der Waals surface area contributed by atoms with Crippen LogP contribution in [0.3, 0.4) is 0 Å². The van der Waals surface area contributed by atoms with Crippen molar-refractivity contribution < 1.29 is 4.79 Å². The van der Waals surface area contributed by atoms with Crippen LogP contribution in [0.4, 0.5) is 10.5 Å². The standard InChI is InChI=1S/C11H10ClN5O/c12-8-1-3-9(4-2-8)15-11(18)17-14-7-10-5-6-13-16-10/h1-7H,(H,13,16)(H2,15,17,18)/b14-7+. The number of hydrazone groups is 1. The van der Waals surface area contributed by atoms with Crippen LogP contribution < -0.4 is 10.7 Å². The summed E-state index contributed by atoms with van der Waals surface area (Å²) in [6.07, 6.45) is 3.05. The number of anilines is 1. The molecule has 7 heteroatoms. The van der Waals surface area contributed by atoms with E-state index in [1.54, 1.807) is 36.5 Å². The minimum atomic E-state index is -0.437. The largest absolute Gasteiger partial charge is 0.339 e. The van der Waals surface area contributed by atoms with Crippen molar-refractivity contribution in [3.05, 3.63) is 47.2 Å². The highest BCUT2D eigenvalue weighted by Crippen LogP contribution is 2.12. The van der Waals surface area contributed by atoms with Crippen molar-refractivity contribution in [2.24, 2.45) is 5.10 Å². The number of urea groups is 1. The van der Waals surface area contributed by atoms with Gasteiger partial charge in [0.2, 0.25) is 0 Å². The molecule has 0 spiro atoms. The summed E-state index contributed by atoms with van der Waals surface area (Å²) in [4.78, 5) is 11.4. The van der Waals surface area contributed by atoms with E-state index in [2.05, 4.69) is 26.0 Å². The van der Waals surface area contributed by atoms with Crippen LogP contribution in [0.15, 0.2) is 41.6 Å². The average molecular weight is 264 g/mol. The van der Waals surface area contributed by atoms with Gasteiger partial charge in [-0.3, -0.25) is 5.10 Å². The van der Waals surface area contributed by atoms with Gasteiger partial charge >= 0.3 is 6.03 Å². The van der Waals surface area contributed by atoms with Gasteiger partial charge in [-0.15, -0.1) is 0 Å². The summed E-state index contributed by atoms with van der Waals surface area (Å²) in [7, 11) is 0. The number of H-pyrrole nitrogens is 1. The van der Waals surface area contributed by atoms with E-state index in [0.717, 1.165) is 0 Å². The second kappa shape index (κ2) is 5.83. The Hall–Kier alpha value is -2.34. The third kappa shape index (κ3) is 3.60. The summed E-state index contributed by atoms with van der Waals surface area (Å²) in [5, 5.41) is 13.4. The molecule has 0 fully saturated rings. The highest BCUT2D eigenvalue weighted by Gasteiger charge is 1.99. The maximum absolute atomic E-state index is 11.4. The fraction of sp³-hybridized carbons (Fsp3) is 0. The first-order valence-corrected chi connectivity index (χ1v) is 5.47. The topological polar surface area (TPSA) is 82.2 Å². The Bertz CT molecular complexity index is 535. The predicted molar refractivity (Wildman–Crippen MR) is 69.8 cm³/mol. The molecular weight excluding hydrogens is 254 g/mol. The third-order valence-corrected chi connectivity index (χ3v) is 2.25. The highest BCUT2D eigenvalue weighted by molar-refractivity contribution is 6.30. The number of nitrogens with zero attached hydrogens (tertiary/aromatic N) is 2. The molecule has 0 unspecified atom stereocenters. The molecule has 0 aliphatic rings. The number of halogens is 1. The Labute approximate surface area is 108 Å². The molecule has 18 heavy (non-hydrogen) atoms. The van der Waals surface area contributed by atoms with Crippen LogP contribution >= 0.6 is 11.6 Å². The van der Waals surface area contributed by atoms with Gasteiger partial charge in [-0.25, -0.2) is 10.2 Å². The number of hydrogen-bond donors (Lipinski definition) is 3. The van der Waals surface area contributed by atoms with Gasteiger partial charge in [0.05, 0.1) is 11.9 Å². The number of carbonyl (C=O) groups excluding carboxylic acids is 1. The molecule has 0 aliphatic carbocycles. The van der Waals surface area contributed by atoms with Gasteiger partial charge in [-0.1, -0.05) is 11.6 Å². The van der Waals surface area contributed by atoms with Gasteiger partial charge in [0.15, 0.2) is 0 Å². The predicted octanol–water partition coefficient (Wildman–Crippen LogP) is 2.22. The molecule has 0 atom stereocenters. The van der Waals surface area contributed by atoms with Crippen LogP contribution in [0.25, 0.3) is 0 Å². The lowest BCUT2D eigenvalue weighted by molar-refractivity contribution is 0.252. The molecule has 0 aliphatic heterocycles. The van der Waals surface area contributed by atoms with Crippen molar-refractivity contribution in [3.8, 4) is 0 Å². The van der Waals surface area contributed by atoms with E-state index in [0.29, 0.717) is 16.4 Å². The number of benzene rings is 1. The Balaban J connectivity index is 1.84. The SMILES string of the molecule is O=C(N/N=C/c1ccn[nH]1)Nc1ccc(Cl)cc1. The van der Waals surface area contributed by atoms with Crippen molar-refractivity contribution in [3.63, 3.8) is 0 Å².